The average Bonchev–Trinajstić information content (AvgIpc) is 1.56. The standard InChI is InChI=1S/C8H16Si/c9-8(5-2-6-8)7-3-1-4-7/h7H,1-6H2,9H3. The molecule has 2 saturated carbocycles. The van der Waals surface area contributed by atoms with Gasteiger partial charge >= 0.3 is 0 Å². The second-order valence-electron chi connectivity index (χ2n) is 4.14. The average molecular weight is 140 g/mol. The van der Waals surface area contributed by atoms with E-state index in [1.54, 1.807) is 32.1 Å². The molecule has 0 heterocycles. The maximum absolute atomic E-state index is 1.59. The molecule has 0 radical (unpaired) electrons. The summed E-state index contributed by atoms with van der Waals surface area (Å²) < 4.78 is 0. The van der Waals surface area contributed by atoms with Gasteiger partial charge in [-0.3, -0.25) is 0 Å². The summed E-state index contributed by atoms with van der Waals surface area (Å²) in [6, 6.07) is 0. The highest BCUT2D eigenvalue weighted by molar-refractivity contribution is 6.16. The van der Waals surface area contributed by atoms with Crippen molar-refractivity contribution < 1.29 is 0 Å². The van der Waals surface area contributed by atoms with Crippen molar-refractivity contribution in [3.8, 4) is 0 Å². The monoisotopic (exact) mass is 140 g/mol. The molecule has 0 unspecified atom stereocenters. The molecule has 0 nitrogen and oxygen atoms in total. The third kappa shape index (κ3) is 0.777. The van der Waals surface area contributed by atoms with Gasteiger partial charge in [0.05, 0.1) is 0 Å². The zero-order chi connectivity index (χ0) is 6.32. The van der Waals surface area contributed by atoms with E-state index in [1.165, 1.54) is 22.6 Å². The molecular weight excluding hydrogens is 124 g/mol. The summed E-state index contributed by atoms with van der Waals surface area (Å²) in [4.78, 5) is 0. The maximum atomic E-state index is 1.59. The normalized spacial score (nSPS) is 33.3. The van der Waals surface area contributed by atoms with Crippen molar-refractivity contribution in [2.75, 3.05) is 0 Å². The highest BCUT2D eigenvalue weighted by Gasteiger charge is 2.41. The summed E-state index contributed by atoms with van der Waals surface area (Å²) in [6.07, 6.45) is 9.40. The molecule has 9 heavy (non-hydrogen) atoms. The maximum Gasteiger partial charge on any atom is 0.0110 e. The van der Waals surface area contributed by atoms with E-state index >= 15 is 0 Å². The van der Waals surface area contributed by atoms with Crippen LogP contribution in [-0.4, -0.2) is 10.2 Å². The van der Waals surface area contributed by atoms with Crippen LogP contribution < -0.4 is 0 Å². The molecule has 0 spiro atoms. The Morgan fingerprint density at radius 3 is 1.89 bits per heavy atom. The van der Waals surface area contributed by atoms with Crippen LogP contribution in [0.25, 0.3) is 0 Å². The molecule has 2 fully saturated rings. The van der Waals surface area contributed by atoms with E-state index in [0.29, 0.717) is 0 Å². The Balaban J connectivity index is 1.94. The van der Waals surface area contributed by atoms with Gasteiger partial charge in [-0.05, 0) is 11.0 Å². The van der Waals surface area contributed by atoms with Gasteiger partial charge in [0.15, 0.2) is 0 Å². The molecule has 2 aliphatic carbocycles. The fourth-order valence-electron chi connectivity index (χ4n) is 2.25. The summed E-state index contributed by atoms with van der Waals surface area (Å²) in [6.45, 7) is 0. The molecular formula is C8H16Si. The van der Waals surface area contributed by atoms with Crippen molar-refractivity contribution in [3.05, 3.63) is 0 Å². The minimum Gasteiger partial charge on any atom is -0.0528 e. The van der Waals surface area contributed by atoms with E-state index in [-0.39, 0.29) is 0 Å². The van der Waals surface area contributed by atoms with Gasteiger partial charge in [0.25, 0.3) is 0 Å². The predicted octanol–water partition coefficient (Wildman–Crippen LogP) is 1.49. The van der Waals surface area contributed by atoms with Gasteiger partial charge in [0.2, 0.25) is 0 Å². The van der Waals surface area contributed by atoms with E-state index in [1.807, 2.05) is 0 Å². The van der Waals surface area contributed by atoms with Crippen LogP contribution in [0.1, 0.15) is 38.5 Å². The molecule has 0 aromatic rings. The molecule has 0 amide bonds. The molecule has 2 rings (SSSR count). The van der Waals surface area contributed by atoms with Crippen molar-refractivity contribution in [3.63, 3.8) is 0 Å². The van der Waals surface area contributed by atoms with Crippen LogP contribution in [-0.2, 0) is 0 Å². The molecule has 0 aliphatic heterocycles. The van der Waals surface area contributed by atoms with Crippen molar-refractivity contribution in [2.24, 2.45) is 5.92 Å². The fourth-order valence-corrected chi connectivity index (χ4v) is 3.53. The van der Waals surface area contributed by atoms with Crippen molar-refractivity contribution in [2.45, 2.75) is 43.6 Å². The van der Waals surface area contributed by atoms with Gasteiger partial charge in [-0.25, -0.2) is 0 Å². The first-order chi connectivity index (χ1) is 4.31. The molecule has 0 aromatic heterocycles. The van der Waals surface area contributed by atoms with Gasteiger partial charge in [0.1, 0.15) is 0 Å². The highest BCUT2D eigenvalue weighted by atomic mass is 28.1. The van der Waals surface area contributed by atoms with Crippen LogP contribution in [0.3, 0.4) is 0 Å². The molecule has 2 aliphatic rings. The van der Waals surface area contributed by atoms with E-state index in [4.69, 9.17) is 0 Å². The quantitative estimate of drug-likeness (QED) is 0.484. The lowest BCUT2D eigenvalue weighted by Gasteiger charge is -2.49. The third-order valence-corrected chi connectivity index (χ3v) is 5.40. The lowest BCUT2D eigenvalue weighted by molar-refractivity contribution is 0.148. The largest absolute Gasteiger partial charge is 0.0528 e. The predicted molar refractivity (Wildman–Crippen MR) is 43.8 cm³/mol. The smallest absolute Gasteiger partial charge is 0.0110 e. The Morgan fingerprint density at radius 1 is 1.11 bits per heavy atom. The zero-order valence-electron chi connectivity index (χ0n) is 6.32. The van der Waals surface area contributed by atoms with E-state index in [2.05, 4.69) is 0 Å². The number of hydrogen-bond acceptors (Lipinski definition) is 0. The van der Waals surface area contributed by atoms with Crippen molar-refractivity contribution >= 4 is 10.2 Å². The molecule has 0 N–H and O–H groups in total. The Kier molecular flexibility index (Phi) is 1.22. The summed E-state index contributed by atoms with van der Waals surface area (Å²) in [5, 5.41) is 0.957. The Morgan fingerprint density at radius 2 is 1.78 bits per heavy atom. The minimum atomic E-state index is 0.957. The van der Waals surface area contributed by atoms with Crippen LogP contribution in [0.15, 0.2) is 0 Å². The highest BCUT2D eigenvalue weighted by Crippen LogP contribution is 2.57. The molecule has 0 bridgehead atoms. The second kappa shape index (κ2) is 1.85. The van der Waals surface area contributed by atoms with Crippen molar-refractivity contribution in [1.82, 2.24) is 0 Å². The van der Waals surface area contributed by atoms with Gasteiger partial charge in [-0.1, -0.05) is 38.5 Å². The summed E-state index contributed by atoms with van der Waals surface area (Å²) >= 11 is 0. The molecule has 52 valence electrons. The SMILES string of the molecule is [SiH3]C1(C2CCC2)CCC1. The molecule has 0 aromatic carbocycles. The lowest BCUT2D eigenvalue weighted by atomic mass is 9.66. The van der Waals surface area contributed by atoms with Gasteiger partial charge in [-0.15, -0.1) is 0 Å². The Labute approximate surface area is 60.5 Å². The fraction of sp³-hybridized carbons (Fsp3) is 1.00. The molecule has 1 heteroatoms. The van der Waals surface area contributed by atoms with Gasteiger partial charge < -0.3 is 0 Å². The summed E-state index contributed by atoms with van der Waals surface area (Å²) in [5.41, 5.74) is 0. The molecule has 0 atom stereocenters. The topological polar surface area (TPSA) is 0 Å². The lowest BCUT2D eigenvalue weighted by Crippen LogP contribution is -2.34. The Bertz CT molecular complexity index is 112. The summed E-state index contributed by atoms with van der Waals surface area (Å²) in [7, 11) is 1.48. The number of rotatable bonds is 1. The van der Waals surface area contributed by atoms with Gasteiger partial charge in [0, 0.05) is 10.2 Å². The van der Waals surface area contributed by atoms with Crippen LogP contribution in [0, 0.1) is 5.92 Å². The zero-order valence-corrected chi connectivity index (χ0v) is 8.32. The summed E-state index contributed by atoms with van der Waals surface area (Å²) in [5.74, 6) is 1.19. The van der Waals surface area contributed by atoms with Crippen LogP contribution in [0.5, 0.6) is 0 Å². The van der Waals surface area contributed by atoms with Gasteiger partial charge in [-0.2, -0.15) is 0 Å². The molecule has 0 saturated heterocycles. The van der Waals surface area contributed by atoms with E-state index in [0.717, 1.165) is 5.04 Å². The van der Waals surface area contributed by atoms with E-state index < -0.39 is 0 Å². The first kappa shape index (κ1) is 5.96. The van der Waals surface area contributed by atoms with Crippen LogP contribution >= 0.6 is 0 Å². The van der Waals surface area contributed by atoms with E-state index in [9.17, 15) is 0 Å². The second-order valence-corrected chi connectivity index (χ2v) is 6.13. The minimum absolute atomic E-state index is 0.957. The number of hydrogen-bond donors (Lipinski definition) is 0. The Hall–Kier alpha value is 0.217. The van der Waals surface area contributed by atoms with Crippen LogP contribution in [0.4, 0.5) is 0 Å². The van der Waals surface area contributed by atoms with Crippen LogP contribution in [0.2, 0.25) is 5.04 Å². The third-order valence-electron chi connectivity index (χ3n) is 3.59. The first-order valence-electron chi connectivity index (χ1n) is 4.31. The first-order valence-corrected chi connectivity index (χ1v) is 5.31. The van der Waals surface area contributed by atoms with Crippen molar-refractivity contribution in [1.29, 1.82) is 0 Å².